The SMILES string of the molecule is Nc1ccc(Cn2ccnc2)cc1NCCc1ccccc1. The van der Waals surface area contributed by atoms with Crippen LogP contribution < -0.4 is 11.1 Å². The lowest BCUT2D eigenvalue weighted by molar-refractivity contribution is 0.797. The Morgan fingerprint density at radius 1 is 1.05 bits per heavy atom. The molecule has 4 nitrogen and oxygen atoms in total. The van der Waals surface area contributed by atoms with E-state index in [9.17, 15) is 0 Å². The molecule has 3 aromatic rings. The summed E-state index contributed by atoms with van der Waals surface area (Å²) in [7, 11) is 0. The molecule has 1 heterocycles. The lowest BCUT2D eigenvalue weighted by Gasteiger charge is -2.12. The number of hydrogen-bond acceptors (Lipinski definition) is 3. The molecule has 0 aliphatic rings. The van der Waals surface area contributed by atoms with Gasteiger partial charge in [0, 0.05) is 25.5 Å². The Balaban J connectivity index is 1.62. The summed E-state index contributed by atoms with van der Waals surface area (Å²) in [6.45, 7) is 1.66. The highest BCUT2D eigenvalue weighted by Gasteiger charge is 2.02. The van der Waals surface area contributed by atoms with Crippen LogP contribution in [0.1, 0.15) is 11.1 Å². The molecule has 2 aromatic carbocycles. The van der Waals surface area contributed by atoms with Crippen molar-refractivity contribution in [2.24, 2.45) is 0 Å². The van der Waals surface area contributed by atoms with Crippen molar-refractivity contribution in [3.63, 3.8) is 0 Å². The van der Waals surface area contributed by atoms with Gasteiger partial charge in [-0.05, 0) is 29.7 Å². The first-order valence-electron chi connectivity index (χ1n) is 7.43. The largest absolute Gasteiger partial charge is 0.397 e. The number of nitrogens with two attached hydrogens (primary N) is 1. The van der Waals surface area contributed by atoms with Gasteiger partial charge in [-0.15, -0.1) is 0 Å². The standard InChI is InChI=1S/C18H20N4/c19-17-7-6-16(13-22-11-10-20-14-22)12-18(17)21-9-8-15-4-2-1-3-5-15/h1-7,10-12,14,21H,8-9,13,19H2. The lowest BCUT2D eigenvalue weighted by atomic mass is 10.1. The zero-order chi connectivity index (χ0) is 15.2. The fraction of sp³-hybridized carbons (Fsp3) is 0.167. The van der Waals surface area contributed by atoms with E-state index in [1.54, 1.807) is 6.20 Å². The normalized spacial score (nSPS) is 10.5. The Kier molecular flexibility index (Phi) is 4.39. The quantitative estimate of drug-likeness (QED) is 0.686. The molecule has 0 aliphatic carbocycles. The maximum absolute atomic E-state index is 6.06. The Hall–Kier alpha value is -2.75. The van der Waals surface area contributed by atoms with E-state index in [1.165, 1.54) is 11.1 Å². The van der Waals surface area contributed by atoms with E-state index in [0.29, 0.717) is 0 Å². The third-order valence-electron chi connectivity index (χ3n) is 3.61. The second-order valence-electron chi connectivity index (χ2n) is 5.32. The molecule has 1 aromatic heterocycles. The Morgan fingerprint density at radius 2 is 1.91 bits per heavy atom. The van der Waals surface area contributed by atoms with Crippen LogP contribution >= 0.6 is 0 Å². The van der Waals surface area contributed by atoms with E-state index in [1.807, 2.05) is 29.2 Å². The van der Waals surface area contributed by atoms with Crippen LogP contribution in [-0.2, 0) is 13.0 Å². The molecule has 0 saturated carbocycles. The van der Waals surface area contributed by atoms with Gasteiger partial charge < -0.3 is 15.6 Å². The zero-order valence-electron chi connectivity index (χ0n) is 12.4. The van der Waals surface area contributed by atoms with Crippen molar-refractivity contribution in [3.8, 4) is 0 Å². The van der Waals surface area contributed by atoms with E-state index in [-0.39, 0.29) is 0 Å². The summed E-state index contributed by atoms with van der Waals surface area (Å²) in [6, 6.07) is 16.6. The van der Waals surface area contributed by atoms with Gasteiger partial charge in [0.15, 0.2) is 0 Å². The van der Waals surface area contributed by atoms with Gasteiger partial charge in [0.2, 0.25) is 0 Å². The van der Waals surface area contributed by atoms with Crippen LogP contribution in [0.15, 0.2) is 67.3 Å². The average molecular weight is 292 g/mol. The molecule has 22 heavy (non-hydrogen) atoms. The fourth-order valence-electron chi connectivity index (χ4n) is 2.43. The predicted molar refractivity (Wildman–Crippen MR) is 90.8 cm³/mol. The van der Waals surface area contributed by atoms with Crippen LogP contribution in [0.2, 0.25) is 0 Å². The minimum Gasteiger partial charge on any atom is -0.397 e. The van der Waals surface area contributed by atoms with E-state index in [0.717, 1.165) is 30.9 Å². The minimum atomic E-state index is 0.780. The van der Waals surface area contributed by atoms with Gasteiger partial charge in [0.25, 0.3) is 0 Å². The van der Waals surface area contributed by atoms with Crippen LogP contribution in [0, 0.1) is 0 Å². The van der Waals surface area contributed by atoms with Gasteiger partial charge in [-0.1, -0.05) is 36.4 Å². The highest BCUT2D eigenvalue weighted by atomic mass is 15.0. The molecule has 0 spiro atoms. The van der Waals surface area contributed by atoms with Crippen LogP contribution in [0.3, 0.4) is 0 Å². The van der Waals surface area contributed by atoms with Crippen molar-refractivity contribution >= 4 is 11.4 Å². The van der Waals surface area contributed by atoms with Gasteiger partial charge >= 0.3 is 0 Å². The maximum Gasteiger partial charge on any atom is 0.0949 e. The van der Waals surface area contributed by atoms with E-state index in [4.69, 9.17) is 5.73 Å². The summed E-state index contributed by atoms with van der Waals surface area (Å²) in [4.78, 5) is 4.06. The van der Waals surface area contributed by atoms with Gasteiger partial charge in [-0.2, -0.15) is 0 Å². The van der Waals surface area contributed by atoms with E-state index >= 15 is 0 Å². The van der Waals surface area contributed by atoms with Gasteiger partial charge in [-0.3, -0.25) is 0 Å². The molecule has 0 atom stereocenters. The molecule has 0 radical (unpaired) electrons. The summed E-state index contributed by atoms with van der Waals surface area (Å²) in [6.07, 6.45) is 6.54. The second-order valence-corrected chi connectivity index (χ2v) is 5.32. The number of nitrogen functional groups attached to an aromatic ring is 1. The average Bonchev–Trinajstić information content (AvgIpc) is 3.04. The summed E-state index contributed by atoms with van der Waals surface area (Å²) in [5.41, 5.74) is 10.4. The first-order valence-corrected chi connectivity index (χ1v) is 7.43. The number of nitrogens with one attached hydrogen (secondary N) is 1. The third-order valence-corrected chi connectivity index (χ3v) is 3.61. The summed E-state index contributed by atoms with van der Waals surface area (Å²) >= 11 is 0. The predicted octanol–water partition coefficient (Wildman–Crippen LogP) is 3.17. The smallest absolute Gasteiger partial charge is 0.0949 e. The van der Waals surface area contributed by atoms with Gasteiger partial charge in [0.1, 0.15) is 0 Å². The monoisotopic (exact) mass is 292 g/mol. The zero-order valence-corrected chi connectivity index (χ0v) is 12.4. The molecule has 0 saturated heterocycles. The van der Waals surface area contributed by atoms with Crippen LogP contribution in [-0.4, -0.2) is 16.1 Å². The topological polar surface area (TPSA) is 55.9 Å². The third kappa shape index (κ3) is 3.67. The lowest BCUT2D eigenvalue weighted by Crippen LogP contribution is -2.08. The Morgan fingerprint density at radius 3 is 2.68 bits per heavy atom. The number of anilines is 2. The molecule has 0 unspecified atom stereocenters. The highest BCUT2D eigenvalue weighted by Crippen LogP contribution is 2.20. The molecule has 112 valence electrons. The molecule has 4 heteroatoms. The van der Waals surface area contributed by atoms with Crippen molar-refractivity contribution in [2.75, 3.05) is 17.6 Å². The Bertz CT molecular complexity index is 705. The molecular formula is C18H20N4. The van der Waals surface area contributed by atoms with Crippen LogP contribution in [0.5, 0.6) is 0 Å². The molecule has 3 N–H and O–H groups in total. The van der Waals surface area contributed by atoms with Crippen molar-refractivity contribution in [2.45, 2.75) is 13.0 Å². The summed E-state index contributed by atoms with van der Waals surface area (Å²) < 4.78 is 2.04. The fourth-order valence-corrected chi connectivity index (χ4v) is 2.43. The number of benzene rings is 2. The first kappa shape index (κ1) is 14.2. The van der Waals surface area contributed by atoms with Gasteiger partial charge in [0.05, 0.1) is 17.7 Å². The van der Waals surface area contributed by atoms with Crippen molar-refractivity contribution < 1.29 is 0 Å². The number of nitrogens with zero attached hydrogens (tertiary/aromatic N) is 2. The number of imidazole rings is 1. The summed E-state index contributed by atoms with van der Waals surface area (Å²) in [5, 5.41) is 3.43. The second kappa shape index (κ2) is 6.80. The Labute approximate surface area is 130 Å². The van der Waals surface area contributed by atoms with Crippen LogP contribution in [0.25, 0.3) is 0 Å². The van der Waals surface area contributed by atoms with E-state index in [2.05, 4.69) is 46.7 Å². The van der Waals surface area contributed by atoms with Crippen LogP contribution in [0.4, 0.5) is 11.4 Å². The highest BCUT2D eigenvalue weighted by molar-refractivity contribution is 5.67. The molecule has 3 rings (SSSR count). The minimum absolute atomic E-state index is 0.780. The number of rotatable bonds is 6. The molecule has 0 fully saturated rings. The number of hydrogen-bond donors (Lipinski definition) is 2. The van der Waals surface area contributed by atoms with Crippen molar-refractivity contribution in [1.29, 1.82) is 0 Å². The summed E-state index contributed by atoms with van der Waals surface area (Å²) in [5.74, 6) is 0. The van der Waals surface area contributed by atoms with Gasteiger partial charge in [-0.25, -0.2) is 4.98 Å². The van der Waals surface area contributed by atoms with Crippen molar-refractivity contribution in [3.05, 3.63) is 78.4 Å². The maximum atomic E-state index is 6.06. The van der Waals surface area contributed by atoms with E-state index < -0.39 is 0 Å². The first-order chi connectivity index (χ1) is 10.8. The molecule has 0 bridgehead atoms. The molecular weight excluding hydrogens is 272 g/mol. The molecule has 0 amide bonds. The molecule has 0 aliphatic heterocycles. The van der Waals surface area contributed by atoms with Crippen molar-refractivity contribution in [1.82, 2.24) is 9.55 Å². The number of aromatic nitrogens is 2.